The van der Waals surface area contributed by atoms with Gasteiger partial charge in [-0.3, -0.25) is 52.7 Å². The Labute approximate surface area is 517 Å². The summed E-state index contributed by atoms with van der Waals surface area (Å²) >= 11 is 0. The van der Waals surface area contributed by atoms with Gasteiger partial charge in [0.1, 0.15) is 60.4 Å². The van der Waals surface area contributed by atoms with E-state index in [1.165, 1.54) is 13.8 Å². The van der Waals surface area contributed by atoms with Gasteiger partial charge in [0.15, 0.2) is 0 Å². The summed E-state index contributed by atoms with van der Waals surface area (Å²) in [7, 11) is 0. The van der Waals surface area contributed by atoms with Crippen LogP contribution in [0.5, 0.6) is 0 Å². The number of amides is 11. The topological polar surface area (TPSA) is 477 Å². The van der Waals surface area contributed by atoms with Gasteiger partial charge >= 0.3 is 0 Å². The maximum absolute atomic E-state index is 14.6. The van der Waals surface area contributed by atoms with Crippen molar-refractivity contribution in [2.24, 2.45) is 34.8 Å². The Morgan fingerprint density at radius 3 is 1.65 bits per heavy atom. The molecule has 0 spiro atoms. The lowest BCUT2D eigenvalue weighted by Crippen LogP contribution is -2.62. The number of hydrogen-bond donors (Lipinski definition) is 18. The van der Waals surface area contributed by atoms with Gasteiger partial charge in [-0.05, 0) is 128 Å². The minimum Gasteiger partial charge on any atom is -0.391 e. The Kier molecular flexibility index (Phi) is 36.9. The third-order valence-corrected chi connectivity index (χ3v) is 14.8. The van der Waals surface area contributed by atoms with Crippen LogP contribution in [0.15, 0.2) is 30.3 Å². The molecule has 0 bridgehead atoms. The van der Waals surface area contributed by atoms with Crippen LogP contribution in [0.1, 0.15) is 138 Å². The Morgan fingerprint density at radius 1 is 0.580 bits per heavy atom. The summed E-state index contributed by atoms with van der Waals surface area (Å²) < 4.78 is 0. The van der Waals surface area contributed by atoms with E-state index in [1.807, 2.05) is 6.92 Å². The second-order valence-electron chi connectivity index (χ2n) is 23.0. The van der Waals surface area contributed by atoms with Crippen LogP contribution in [-0.4, -0.2) is 194 Å². The number of aliphatic hydroxyl groups excluding tert-OH is 2. The summed E-state index contributed by atoms with van der Waals surface area (Å²) in [6.45, 7) is 12.1. The van der Waals surface area contributed by atoms with Gasteiger partial charge in [0.2, 0.25) is 65.0 Å². The van der Waals surface area contributed by atoms with E-state index in [-0.39, 0.29) is 89.4 Å². The molecular formula is C59H104N16O13. The molecule has 1 aromatic carbocycles. The van der Waals surface area contributed by atoms with E-state index in [0.29, 0.717) is 31.0 Å². The molecule has 22 N–H and O–H groups in total. The van der Waals surface area contributed by atoms with Crippen LogP contribution in [-0.2, 0) is 59.2 Å². The molecule has 13 atom stereocenters. The molecule has 0 radical (unpaired) electrons. The lowest BCUT2D eigenvalue weighted by atomic mass is 10.00. The van der Waals surface area contributed by atoms with Gasteiger partial charge in [-0.1, -0.05) is 84.2 Å². The standard InChI is InChI=1S/C59H104N16O13/c1-8-29-64-30-23-43(66-47(78)18-14-13-15-35(5)9-2)55(84)75-49(37(7)77)59(88)71-41(21-27-62)51(80)70-44-24-31-65-58(87)48(36(6)76)74-54(83)42(22-28-63)68-50(79)39(19-25-60)69-56(85)45(32-34(3)4)72-57(86)46(33-38-16-11-10-12-17-38)73-52(81)40(20-26-61)67-53(44)82/h10-12,16-17,34-37,39-46,48-49,64,76-77H,8-9,13-15,18-33,60-63H2,1-7H3,(H,65,87)(H,66,78)(H,67,82)(H,68,79)(H,69,85)(H,70,80)(H,71,88)(H,72,86)(H,73,81)(H,74,83)(H,75,84)/t35?,36-,37-,39+,40+,41+,42+,43+,44+,45+,46-,48+,49+/m1/s1. The highest BCUT2D eigenvalue weighted by Gasteiger charge is 2.38. The molecule has 1 heterocycles. The van der Waals surface area contributed by atoms with Gasteiger partial charge in [-0.15, -0.1) is 0 Å². The zero-order valence-corrected chi connectivity index (χ0v) is 52.5. The number of carbonyl (C=O) groups excluding carboxylic acids is 11. The fourth-order valence-electron chi connectivity index (χ4n) is 9.50. The van der Waals surface area contributed by atoms with Gasteiger partial charge < -0.3 is 96.9 Å². The highest BCUT2D eigenvalue weighted by molar-refractivity contribution is 5.99. The van der Waals surface area contributed by atoms with Crippen molar-refractivity contribution in [1.82, 2.24) is 63.8 Å². The normalized spacial score (nSPS) is 22.5. The molecule has 2 rings (SSSR count). The van der Waals surface area contributed by atoms with Crippen molar-refractivity contribution < 1.29 is 63.0 Å². The molecule has 29 nitrogen and oxygen atoms in total. The molecule has 498 valence electrons. The number of hydrogen-bond acceptors (Lipinski definition) is 18. The number of nitrogens with two attached hydrogens (primary N) is 4. The number of carbonyl (C=O) groups is 11. The average Bonchev–Trinajstić information content (AvgIpc) is 3.68. The number of benzene rings is 1. The first-order valence-corrected chi connectivity index (χ1v) is 31.1. The highest BCUT2D eigenvalue weighted by Crippen LogP contribution is 2.14. The largest absolute Gasteiger partial charge is 0.391 e. The van der Waals surface area contributed by atoms with Crippen LogP contribution < -0.4 is 86.7 Å². The zero-order valence-electron chi connectivity index (χ0n) is 52.5. The van der Waals surface area contributed by atoms with Gasteiger partial charge in [-0.25, -0.2) is 0 Å². The molecule has 0 aromatic heterocycles. The molecule has 1 fully saturated rings. The molecule has 1 aliphatic heterocycles. The van der Waals surface area contributed by atoms with Crippen molar-refractivity contribution in [3.63, 3.8) is 0 Å². The van der Waals surface area contributed by atoms with Crippen molar-refractivity contribution in [1.29, 1.82) is 0 Å². The minimum absolute atomic E-state index is 0.0473. The molecular weight excluding hydrogens is 1140 g/mol. The Bertz CT molecular complexity index is 2370. The first-order valence-electron chi connectivity index (χ1n) is 31.1. The zero-order chi connectivity index (χ0) is 65.9. The van der Waals surface area contributed by atoms with E-state index in [9.17, 15) is 63.0 Å². The summed E-state index contributed by atoms with van der Waals surface area (Å²) in [5.74, 6) is -9.27. The Morgan fingerprint density at radius 2 is 1.11 bits per heavy atom. The fourth-order valence-corrected chi connectivity index (χ4v) is 9.50. The molecule has 0 saturated carbocycles. The monoisotopic (exact) mass is 1240 g/mol. The Balaban J connectivity index is 2.68. The van der Waals surface area contributed by atoms with Gasteiger partial charge in [0, 0.05) is 19.4 Å². The SMILES string of the molecule is CCCNCC[C@H](NC(=O)CCCCC(C)CC)C(=O)N[C@H](C(=O)N[C@@H](CCN)C(=O)N[C@H]1CCNC(=O)[C@H]([C@@H](C)O)NC(=O)[C@H](CCN)NC(=O)[C@H](CCN)NC(=O)[C@H](CC(C)C)NC(=O)[C@@H](Cc2ccccc2)NC(=O)[C@H](CCN)NC1=O)[C@@H](C)O. The first kappa shape index (κ1) is 77.2. The number of unbranched alkanes of at least 4 members (excludes halogenated alkanes) is 1. The predicted molar refractivity (Wildman–Crippen MR) is 330 cm³/mol. The van der Waals surface area contributed by atoms with Gasteiger partial charge in [-0.2, -0.15) is 0 Å². The summed E-state index contributed by atoms with van der Waals surface area (Å²) in [5.41, 5.74) is 24.2. The second kappa shape index (κ2) is 42.1. The van der Waals surface area contributed by atoms with Crippen LogP contribution in [0.2, 0.25) is 0 Å². The molecule has 1 aromatic rings. The molecule has 11 amide bonds. The van der Waals surface area contributed by atoms with Crippen molar-refractivity contribution in [2.75, 3.05) is 45.8 Å². The molecule has 1 unspecified atom stereocenters. The van der Waals surface area contributed by atoms with Crippen molar-refractivity contribution in [3.8, 4) is 0 Å². The van der Waals surface area contributed by atoms with E-state index in [4.69, 9.17) is 22.9 Å². The predicted octanol–water partition coefficient (Wildman–Crippen LogP) is -4.20. The fraction of sp³-hybridized carbons (Fsp3) is 0.712. The molecule has 0 aliphatic carbocycles. The van der Waals surface area contributed by atoms with Crippen molar-refractivity contribution in [3.05, 3.63) is 35.9 Å². The van der Waals surface area contributed by atoms with E-state index in [1.54, 1.807) is 44.2 Å². The second-order valence-corrected chi connectivity index (χ2v) is 23.0. The third kappa shape index (κ3) is 28.5. The third-order valence-electron chi connectivity index (χ3n) is 14.8. The summed E-state index contributed by atoms with van der Waals surface area (Å²) in [6, 6.07) is -6.10. The average molecular weight is 1250 g/mol. The van der Waals surface area contributed by atoms with Crippen molar-refractivity contribution >= 4 is 65.0 Å². The summed E-state index contributed by atoms with van der Waals surface area (Å²) in [5, 5.41) is 53.4. The maximum atomic E-state index is 14.6. The van der Waals surface area contributed by atoms with Crippen LogP contribution in [0.3, 0.4) is 0 Å². The van der Waals surface area contributed by atoms with Crippen LogP contribution in [0.4, 0.5) is 0 Å². The van der Waals surface area contributed by atoms with E-state index < -0.39 is 145 Å². The van der Waals surface area contributed by atoms with E-state index in [0.717, 1.165) is 25.7 Å². The van der Waals surface area contributed by atoms with E-state index in [2.05, 4.69) is 77.6 Å². The molecule has 88 heavy (non-hydrogen) atoms. The number of nitrogens with one attached hydrogen (secondary N) is 12. The van der Waals surface area contributed by atoms with Crippen LogP contribution in [0, 0.1) is 11.8 Å². The summed E-state index contributed by atoms with van der Waals surface area (Å²) in [4.78, 5) is 155. The molecule has 29 heteroatoms. The van der Waals surface area contributed by atoms with Gasteiger partial charge in [0.05, 0.1) is 12.2 Å². The minimum atomic E-state index is -1.69. The maximum Gasteiger partial charge on any atom is 0.245 e. The number of rotatable bonds is 32. The highest BCUT2D eigenvalue weighted by atomic mass is 16.3. The van der Waals surface area contributed by atoms with Gasteiger partial charge in [0.25, 0.3) is 0 Å². The van der Waals surface area contributed by atoms with Crippen LogP contribution >= 0.6 is 0 Å². The lowest BCUT2D eigenvalue weighted by molar-refractivity contribution is -0.137. The lowest BCUT2D eigenvalue weighted by Gasteiger charge is -2.29. The van der Waals surface area contributed by atoms with Crippen molar-refractivity contribution in [2.45, 2.75) is 211 Å². The Hall–Kier alpha value is -6.89. The quantitative estimate of drug-likeness (QED) is 0.0304. The smallest absolute Gasteiger partial charge is 0.245 e. The number of aliphatic hydroxyl groups is 2. The molecule has 1 aliphatic rings. The first-order chi connectivity index (χ1) is 41.8. The van der Waals surface area contributed by atoms with Crippen LogP contribution in [0.25, 0.3) is 0 Å². The summed E-state index contributed by atoms with van der Waals surface area (Å²) in [6.07, 6.45) is 0.0301. The molecule has 1 saturated heterocycles. The van der Waals surface area contributed by atoms with E-state index >= 15 is 0 Å².